The third kappa shape index (κ3) is 3.14. The van der Waals surface area contributed by atoms with Crippen LogP contribution < -0.4 is 10.5 Å². The lowest BCUT2D eigenvalue weighted by molar-refractivity contribution is -0.136. The molecule has 1 unspecified atom stereocenters. The minimum absolute atomic E-state index is 0.0953. The molecule has 0 saturated heterocycles. The van der Waals surface area contributed by atoms with Crippen LogP contribution in [0.15, 0.2) is 29.2 Å². The van der Waals surface area contributed by atoms with Gasteiger partial charge in [0.05, 0.1) is 12.0 Å². The molecule has 3 N–H and O–H groups in total. The van der Waals surface area contributed by atoms with Gasteiger partial charge in [0.2, 0.25) is 0 Å². The lowest BCUT2D eigenvalue weighted by Crippen LogP contribution is -2.25. The van der Waals surface area contributed by atoms with E-state index in [4.69, 9.17) is 15.6 Å². The molecule has 0 bridgehead atoms. The SMILES string of the molecule is COc1ccccc1SC(CN)C(=O)O. The second-order valence-electron chi connectivity index (χ2n) is 2.83. The standard InChI is InChI=1S/C10H13NO3S/c1-14-7-4-2-3-5-8(7)15-9(6-11)10(12)13/h2-5,9H,6,11H2,1H3,(H,12,13). The average molecular weight is 227 g/mol. The number of para-hydroxylation sites is 1. The number of hydrogen-bond acceptors (Lipinski definition) is 4. The number of rotatable bonds is 5. The number of ether oxygens (including phenoxy) is 1. The second-order valence-corrected chi connectivity index (χ2v) is 4.08. The Balaban J connectivity index is 2.82. The summed E-state index contributed by atoms with van der Waals surface area (Å²) in [5, 5.41) is 8.22. The lowest BCUT2D eigenvalue weighted by Gasteiger charge is -2.11. The molecule has 0 heterocycles. The first-order chi connectivity index (χ1) is 7.19. The third-order valence-electron chi connectivity index (χ3n) is 1.83. The molecule has 5 heteroatoms. The highest BCUT2D eigenvalue weighted by molar-refractivity contribution is 8.00. The maximum atomic E-state index is 10.8. The molecule has 0 fully saturated rings. The largest absolute Gasteiger partial charge is 0.496 e. The van der Waals surface area contributed by atoms with Gasteiger partial charge in [0.15, 0.2) is 0 Å². The molecule has 1 rings (SSSR count). The van der Waals surface area contributed by atoms with E-state index in [1.165, 1.54) is 11.8 Å². The first kappa shape index (κ1) is 11.9. The summed E-state index contributed by atoms with van der Waals surface area (Å²) in [6.07, 6.45) is 0. The summed E-state index contributed by atoms with van der Waals surface area (Å²) in [6.45, 7) is 0.0953. The molecule has 1 aromatic rings. The highest BCUT2D eigenvalue weighted by atomic mass is 32.2. The number of methoxy groups -OCH3 is 1. The Kier molecular flexibility index (Phi) is 4.45. The minimum atomic E-state index is -0.909. The summed E-state index contributed by atoms with van der Waals surface area (Å²) in [5.41, 5.74) is 5.37. The average Bonchev–Trinajstić information content (AvgIpc) is 2.25. The molecule has 15 heavy (non-hydrogen) atoms. The number of aliphatic carboxylic acids is 1. The predicted octanol–water partition coefficient (Wildman–Crippen LogP) is 1.20. The van der Waals surface area contributed by atoms with Crippen molar-refractivity contribution in [2.75, 3.05) is 13.7 Å². The van der Waals surface area contributed by atoms with Gasteiger partial charge in [-0.25, -0.2) is 0 Å². The van der Waals surface area contributed by atoms with E-state index in [-0.39, 0.29) is 6.54 Å². The molecule has 0 aliphatic rings. The van der Waals surface area contributed by atoms with E-state index in [9.17, 15) is 4.79 Å². The van der Waals surface area contributed by atoms with Crippen LogP contribution in [0.4, 0.5) is 0 Å². The first-order valence-electron chi connectivity index (χ1n) is 4.41. The fraction of sp³-hybridized carbons (Fsp3) is 0.300. The topological polar surface area (TPSA) is 72.5 Å². The Morgan fingerprint density at radius 1 is 1.60 bits per heavy atom. The molecule has 0 spiro atoms. The van der Waals surface area contributed by atoms with Crippen molar-refractivity contribution in [3.05, 3.63) is 24.3 Å². The van der Waals surface area contributed by atoms with E-state index in [1.54, 1.807) is 13.2 Å². The van der Waals surface area contributed by atoms with Crippen LogP contribution >= 0.6 is 11.8 Å². The normalized spacial score (nSPS) is 12.1. The summed E-state index contributed by atoms with van der Waals surface area (Å²) in [6, 6.07) is 7.27. The molecule has 0 saturated carbocycles. The van der Waals surface area contributed by atoms with Crippen LogP contribution in [0.25, 0.3) is 0 Å². The molecular weight excluding hydrogens is 214 g/mol. The number of nitrogens with two attached hydrogens (primary N) is 1. The van der Waals surface area contributed by atoms with Gasteiger partial charge < -0.3 is 15.6 Å². The Morgan fingerprint density at radius 2 is 2.27 bits per heavy atom. The molecule has 1 atom stereocenters. The van der Waals surface area contributed by atoms with Gasteiger partial charge in [0.1, 0.15) is 11.0 Å². The van der Waals surface area contributed by atoms with Crippen molar-refractivity contribution in [3.63, 3.8) is 0 Å². The van der Waals surface area contributed by atoms with Crippen molar-refractivity contribution in [2.45, 2.75) is 10.1 Å². The van der Waals surface area contributed by atoms with Crippen molar-refractivity contribution in [1.82, 2.24) is 0 Å². The maximum absolute atomic E-state index is 10.8. The van der Waals surface area contributed by atoms with E-state index in [2.05, 4.69) is 0 Å². The van der Waals surface area contributed by atoms with Crippen LogP contribution in [0.1, 0.15) is 0 Å². The molecule has 0 aliphatic carbocycles. The highest BCUT2D eigenvalue weighted by Gasteiger charge is 2.18. The Morgan fingerprint density at radius 3 is 2.80 bits per heavy atom. The maximum Gasteiger partial charge on any atom is 0.318 e. The fourth-order valence-electron chi connectivity index (χ4n) is 1.07. The monoisotopic (exact) mass is 227 g/mol. The summed E-state index contributed by atoms with van der Waals surface area (Å²) >= 11 is 1.20. The van der Waals surface area contributed by atoms with E-state index < -0.39 is 11.2 Å². The number of hydrogen-bond donors (Lipinski definition) is 2. The number of carbonyl (C=O) groups is 1. The van der Waals surface area contributed by atoms with Crippen LogP contribution in [0.5, 0.6) is 5.75 Å². The summed E-state index contributed by atoms with van der Waals surface area (Å²) in [7, 11) is 1.55. The number of benzene rings is 1. The summed E-state index contributed by atoms with van der Waals surface area (Å²) < 4.78 is 5.12. The zero-order valence-electron chi connectivity index (χ0n) is 8.34. The smallest absolute Gasteiger partial charge is 0.318 e. The molecule has 0 amide bonds. The van der Waals surface area contributed by atoms with Gasteiger partial charge >= 0.3 is 5.97 Å². The van der Waals surface area contributed by atoms with Crippen LogP contribution in [0.3, 0.4) is 0 Å². The lowest BCUT2D eigenvalue weighted by atomic mass is 10.3. The van der Waals surface area contributed by atoms with Crippen LogP contribution in [0.2, 0.25) is 0 Å². The van der Waals surface area contributed by atoms with Gasteiger partial charge in [0.25, 0.3) is 0 Å². The van der Waals surface area contributed by atoms with Gasteiger partial charge in [-0.1, -0.05) is 12.1 Å². The summed E-state index contributed by atoms with van der Waals surface area (Å²) in [5.74, 6) is -0.240. The van der Waals surface area contributed by atoms with Crippen molar-refractivity contribution in [1.29, 1.82) is 0 Å². The van der Waals surface area contributed by atoms with E-state index in [0.717, 1.165) is 4.90 Å². The molecular formula is C10H13NO3S. The molecule has 4 nitrogen and oxygen atoms in total. The number of carboxylic acid groups (broad SMARTS) is 1. The van der Waals surface area contributed by atoms with Gasteiger partial charge in [-0.2, -0.15) is 0 Å². The quantitative estimate of drug-likeness (QED) is 0.739. The molecule has 0 aromatic heterocycles. The van der Waals surface area contributed by atoms with Crippen molar-refractivity contribution in [3.8, 4) is 5.75 Å². The van der Waals surface area contributed by atoms with Gasteiger partial charge in [-0.05, 0) is 12.1 Å². The van der Waals surface area contributed by atoms with E-state index in [1.807, 2.05) is 18.2 Å². The van der Waals surface area contributed by atoms with Crippen molar-refractivity contribution >= 4 is 17.7 Å². The molecule has 82 valence electrons. The highest BCUT2D eigenvalue weighted by Crippen LogP contribution is 2.31. The van der Waals surface area contributed by atoms with E-state index in [0.29, 0.717) is 5.75 Å². The Bertz CT molecular complexity index is 343. The van der Waals surface area contributed by atoms with Crippen molar-refractivity contribution < 1.29 is 14.6 Å². The Hall–Kier alpha value is -1.20. The van der Waals surface area contributed by atoms with Crippen LogP contribution in [0, 0.1) is 0 Å². The van der Waals surface area contributed by atoms with Gasteiger partial charge in [0, 0.05) is 6.54 Å². The zero-order valence-corrected chi connectivity index (χ0v) is 9.16. The minimum Gasteiger partial charge on any atom is -0.496 e. The molecule has 0 aliphatic heterocycles. The molecule has 1 aromatic carbocycles. The fourth-order valence-corrected chi connectivity index (χ4v) is 2.00. The Labute approximate surface area is 92.4 Å². The summed E-state index contributed by atoms with van der Waals surface area (Å²) in [4.78, 5) is 11.6. The van der Waals surface area contributed by atoms with E-state index >= 15 is 0 Å². The second kappa shape index (κ2) is 5.63. The predicted molar refractivity (Wildman–Crippen MR) is 59.3 cm³/mol. The zero-order chi connectivity index (χ0) is 11.3. The molecule has 0 radical (unpaired) electrons. The van der Waals surface area contributed by atoms with Crippen LogP contribution in [-0.2, 0) is 4.79 Å². The third-order valence-corrected chi connectivity index (χ3v) is 3.10. The number of thioether (sulfide) groups is 1. The first-order valence-corrected chi connectivity index (χ1v) is 5.29. The van der Waals surface area contributed by atoms with Crippen LogP contribution in [-0.4, -0.2) is 30.0 Å². The van der Waals surface area contributed by atoms with Gasteiger partial charge in [-0.3, -0.25) is 4.79 Å². The van der Waals surface area contributed by atoms with Crippen molar-refractivity contribution in [2.24, 2.45) is 5.73 Å². The number of carboxylic acids is 1. The van der Waals surface area contributed by atoms with Gasteiger partial charge in [-0.15, -0.1) is 11.8 Å².